The summed E-state index contributed by atoms with van der Waals surface area (Å²) >= 11 is 5.88. The Hall–Kier alpha value is -1.22. The SMILES string of the molecule is Cc1ccc2c(c1)N(C(=O)C(C)Cl)CC(C)O2. The van der Waals surface area contributed by atoms with Crippen LogP contribution in [0.1, 0.15) is 19.4 Å². The van der Waals surface area contributed by atoms with Crippen LogP contribution in [0.4, 0.5) is 5.69 Å². The van der Waals surface area contributed by atoms with Crippen molar-refractivity contribution in [3.8, 4) is 5.75 Å². The van der Waals surface area contributed by atoms with Crippen LogP contribution < -0.4 is 9.64 Å². The fraction of sp³-hybridized carbons (Fsp3) is 0.462. The molecule has 1 aliphatic rings. The van der Waals surface area contributed by atoms with E-state index in [4.69, 9.17) is 16.3 Å². The van der Waals surface area contributed by atoms with Gasteiger partial charge in [-0.25, -0.2) is 0 Å². The van der Waals surface area contributed by atoms with Gasteiger partial charge in [0, 0.05) is 0 Å². The Balaban J connectivity index is 2.42. The Labute approximate surface area is 106 Å². The molecule has 2 unspecified atom stereocenters. The van der Waals surface area contributed by atoms with Crippen LogP contribution in [0.15, 0.2) is 18.2 Å². The number of alkyl halides is 1. The predicted molar refractivity (Wildman–Crippen MR) is 68.9 cm³/mol. The second-order valence-corrected chi connectivity index (χ2v) is 5.12. The van der Waals surface area contributed by atoms with Gasteiger partial charge in [-0.15, -0.1) is 11.6 Å². The Morgan fingerprint density at radius 3 is 2.94 bits per heavy atom. The van der Waals surface area contributed by atoms with Gasteiger partial charge < -0.3 is 9.64 Å². The summed E-state index contributed by atoms with van der Waals surface area (Å²) in [6, 6.07) is 5.83. The first-order chi connectivity index (χ1) is 7.99. The molecule has 4 heteroatoms. The van der Waals surface area contributed by atoms with Gasteiger partial charge in [0.2, 0.25) is 5.91 Å². The number of amides is 1. The summed E-state index contributed by atoms with van der Waals surface area (Å²) in [6.07, 6.45) is -0.00965. The summed E-state index contributed by atoms with van der Waals surface area (Å²) in [7, 11) is 0. The van der Waals surface area contributed by atoms with E-state index < -0.39 is 5.38 Å². The molecule has 17 heavy (non-hydrogen) atoms. The monoisotopic (exact) mass is 253 g/mol. The highest BCUT2D eigenvalue weighted by molar-refractivity contribution is 6.32. The average Bonchev–Trinajstić information content (AvgIpc) is 2.27. The van der Waals surface area contributed by atoms with Crippen LogP contribution in [0.3, 0.4) is 0 Å². The molecule has 0 aliphatic carbocycles. The van der Waals surface area contributed by atoms with E-state index in [1.807, 2.05) is 32.0 Å². The minimum atomic E-state index is -0.520. The lowest BCUT2D eigenvalue weighted by Crippen LogP contribution is -2.45. The van der Waals surface area contributed by atoms with Crippen LogP contribution in [-0.4, -0.2) is 23.9 Å². The molecule has 0 spiro atoms. The molecule has 1 amide bonds. The van der Waals surface area contributed by atoms with E-state index in [0.29, 0.717) is 6.54 Å². The number of rotatable bonds is 1. The standard InChI is InChI=1S/C13H16ClNO2/c1-8-4-5-12-11(6-8)15(7-9(2)17-12)13(16)10(3)14/h4-6,9-10H,7H2,1-3H3. The number of halogens is 1. The smallest absolute Gasteiger partial charge is 0.244 e. The summed E-state index contributed by atoms with van der Waals surface area (Å²) < 4.78 is 5.71. The quantitative estimate of drug-likeness (QED) is 0.721. The zero-order chi connectivity index (χ0) is 12.6. The summed E-state index contributed by atoms with van der Waals surface area (Å²) in [6.45, 7) is 6.18. The normalized spacial score (nSPS) is 20.5. The van der Waals surface area contributed by atoms with Gasteiger partial charge in [-0.1, -0.05) is 6.07 Å². The van der Waals surface area contributed by atoms with Crippen molar-refractivity contribution in [2.45, 2.75) is 32.3 Å². The van der Waals surface area contributed by atoms with E-state index in [-0.39, 0.29) is 12.0 Å². The van der Waals surface area contributed by atoms with Crippen LogP contribution in [0.5, 0.6) is 5.75 Å². The van der Waals surface area contributed by atoms with Crippen LogP contribution in [0.2, 0.25) is 0 Å². The number of carbonyl (C=O) groups is 1. The molecule has 0 saturated heterocycles. The molecule has 3 nitrogen and oxygen atoms in total. The number of nitrogens with zero attached hydrogens (tertiary/aromatic N) is 1. The van der Waals surface area contributed by atoms with E-state index >= 15 is 0 Å². The fourth-order valence-corrected chi connectivity index (χ4v) is 2.09. The van der Waals surface area contributed by atoms with E-state index in [1.165, 1.54) is 0 Å². The third-order valence-electron chi connectivity index (χ3n) is 2.78. The molecule has 2 atom stereocenters. The Bertz CT molecular complexity index is 445. The largest absolute Gasteiger partial charge is 0.487 e. The van der Waals surface area contributed by atoms with Gasteiger partial charge in [-0.3, -0.25) is 4.79 Å². The number of hydrogen-bond acceptors (Lipinski definition) is 2. The highest BCUT2D eigenvalue weighted by Gasteiger charge is 2.29. The van der Waals surface area contributed by atoms with Gasteiger partial charge in [-0.05, 0) is 38.5 Å². The maximum atomic E-state index is 12.1. The molecule has 0 aromatic heterocycles. The number of ether oxygens (including phenoxy) is 1. The molecule has 92 valence electrons. The first-order valence-electron chi connectivity index (χ1n) is 5.72. The van der Waals surface area contributed by atoms with Crippen molar-refractivity contribution >= 4 is 23.2 Å². The summed E-state index contributed by atoms with van der Waals surface area (Å²) in [5.41, 5.74) is 1.92. The number of benzene rings is 1. The van der Waals surface area contributed by atoms with E-state index in [1.54, 1.807) is 11.8 Å². The molecular formula is C13H16ClNO2. The summed E-state index contributed by atoms with van der Waals surface area (Å²) in [5, 5.41) is -0.520. The average molecular weight is 254 g/mol. The third-order valence-corrected chi connectivity index (χ3v) is 2.97. The zero-order valence-corrected chi connectivity index (χ0v) is 11.0. The van der Waals surface area contributed by atoms with Gasteiger partial charge >= 0.3 is 0 Å². The highest BCUT2D eigenvalue weighted by atomic mass is 35.5. The Morgan fingerprint density at radius 1 is 1.59 bits per heavy atom. The van der Waals surface area contributed by atoms with E-state index in [0.717, 1.165) is 17.0 Å². The number of carbonyl (C=O) groups excluding carboxylic acids is 1. The minimum absolute atomic E-state index is 0.00965. The fourth-order valence-electron chi connectivity index (χ4n) is 1.97. The van der Waals surface area contributed by atoms with Crippen LogP contribution in [0.25, 0.3) is 0 Å². The van der Waals surface area contributed by atoms with Crippen LogP contribution in [0, 0.1) is 6.92 Å². The molecule has 1 aromatic rings. The topological polar surface area (TPSA) is 29.5 Å². The Kier molecular flexibility index (Phi) is 3.29. The first-order valence-corrected chi connectivity index (χ1v) is 6.15. The lowest BCUT2D eigenvalue weighted by Gasteiger charge is -2.34. The maximum absolute atomic E-state index is 12.1. The van der Waals surface area contributed by atoms with E-state index in [9.17, 15) is 4.79 Å². The second-order valence-electron chi connectivity index (χ2n) is 4.46. The molecule has 1 aliphatic heterocycles. The third kappa shape index (κ3) is 2.39. The van der Waals surface area contributed by atoms with Crippen molar-refractivity contribution in [3.05, 3.63) is 23.8 Å². The van der Waals surface area contributed by atoms with Crippen molar-refractivity contribution in [2.75, 3.05) is 11.4 Å². The molecule has 0 saturated carbocycles. The lowest BCUT2D eigenvalue weighted by molar-refractivity contribution is -0.118. The molecular weight excluding hydrogens is 238 g/mol. The van der Waals surface area contributed by atoms with Gasteiger partial charge in [-0.2, -0.15) is 0 Å². The zero-order valence-electron chi connectivity index (χ0n) is 10.2. The van der Waals surface area contributed by atoms with Gasteiger partial charge in [0.15, 0.2) is 0 Å². The first kappa shape index (κ1) is 12.2. The molecule has 0 fully saturated rings. The maximum Gasteiger partial charge on any atom is 0.244 e. The highest BCUT2D eigenvalue weighted by Crippen LogP contribution is 2.34. The summed E-state index contributed by atoms with van der Waals surface area (Å²) in [4.78, 5) is 13.8. The Morgan fingerprint density at radius 2 is 2.29 bits per heavy atom. The van der Waals surface area contributed by atoms with Crippen molar-refractivity contribution in [3.63, 3.8) is 0 Å². The number of hydrogen-bond donors (Lipinski definition) is 0. The van der Waals surface area contributed by atoms with Crippen molar-refractivity contribution < 1.29 is 9.53 Å². The molecule has 0 N–H and O–H groups in total. The van der Waals surface area contributed by atoms with Gasteiger partial charge in [0.25, 0.3) is 0 Å². The van der Waals surface area contributed by atoms with Gasteiger partial charge in [0.1, 0.15) is 17.2 Å². The minimum Gasteiger partial charge on any atom is -0.487 e. The van der Waals surface area contributed by atoms with Crippen molar-refractivity contribution in [1.82, 2.24) is 0 Å². The number of aryl methyl sites for hydroxylation is 1. The molecule has 0 radical (unpaired) electrons. The summed E-state index contributed by atoms with van der Waals surface area (Å²) in [5.74, 6) is 0.675. The van der Waals surface area contributed by atoms with Crippen LogP contribution in [-0.2, 0) is 4.79 Å². The van der Waals surface area contributed by atoms with Crippen molar-refractivity contribution in [1.29, 1.82) is 0 Å². The number of fused-ring (bicyclic) bond motifs is 1. The number of anilines is 1. The van der Waals surface area contributed by atoms with Crippen LogP contribution >= 0.6 is 11.6 Å². The second kappa shape index (κ2) is 4.57. The lowest BCUT2D eigenvalue weighted by atomic mass is 10.1. The van der Waals surface area contributed by atoms with E-state index in [2.05, 4.69) is 0 Å². The molecule has 1 aromatic carbocycles. The molecule has 2 rings (SSSR count). The molecule has 0 bridgehead atoms. The molecule has 1 heterocycles. The predicted octanol–water partition coefficient (Wildman–Crippen LogP) is 2.74. The van der Waals surface area contributed by atoms with Gasteiger partial charge in [0.05, 0.1) is 12.2 Å². The van der Waals surface area contributed by atoms with Crippen molar-refractivity contribution in [2.24, 2.45) is 0 Å².